The van der Waals surface area contributed by atoms with Crippen molar-refractivity contribution in [3.8, 4) is 0 Å². The molecule has 2 aliphatic heterocycles. The van der Waals surface area contributed by atoms with Gasteiger partial charge in [0.15, 0.2) is 5.82 Å². The Morgan fingerprint density at radius 3 is 2.53 bits per heavy atom. The van der Waals surface area contributed by atoms with Crippen LogP contribution in [-0.2, 0) is 11.2 Å². The number of morpholine rings is 1. The Balaban J connectivity index is 1.42. The van der Waals surface area contributed by atoms with Gasteiger partial charge in [-0.2, -0.15) is 4.98 Å². The molecule has 4 heterocycles. The van der Waals surface area contributed by atoms with Gasteiger partial charge in [0.2, 0.25) is 5.95 Å². The first-order valence-corrected chi connectivity index (χ1v) is 12.3. The number of hydrogen-bond donors (Lipinski definition) is 1. The molecule has 0 saturated carbocycles. The van der Waals surface area contributed by atoms with Crippen molar-refractivity contribution in [2.75, 3.05) is 68.0 Å². The smallest absolute Gasteiger partial charge is 0.228 e. The molecule has 0 spiro atoms. The molecule has 5 rings (SSSR count). The highest BCUT2D eigenvalue weighted by molar-refractivity contribution is 7.99. The number of nitrogens with one attached hydrogen (secondary N) is 1. The average molecular weight is 452 g/mol. The predicted molar refractivity (Wildman–Crippen MR) is 129 cm³/mol. The molecule has 2 aromatic heterocycles. The molecular formula is C23H29N7OS. The van der Waals surface area contributed by atoms with E-state index in [-0.39, 0.29) is 0 Å². The fourth-order valence-electron chi connectivity index (χ4n) is 4.10. The van der Waals surface area contributed by atoms with Gasteiger partial charge >= 0.3 is 0 Å². The number of fused-ring (bicyclic) bond motifs is 1. The van der Waals surface area contributed by atoms with E-state index in [1.165, 1.54) is 5.56 Å². The van der Waals surface area contributed by atoms with Crippen molar-refractivity contribution in [1.29, 1.82) is 0 Å². The standard InChI is InChI=1S/C23H29N7OS/c1-2-5-18(6-3-1)7-4-16-32-22-20-19(25-17-26-22)21(29-12-14-31-15-13-29)28-23(27-20)30-10-8-24-9-11-30/h1-3,5-6,17,24H,4,7-16H2. The monoisotopic (exact) mass is 451 g/mol. The molecular weight excluding hydrogens is 422 g/mol. The van der Waals surface area contributed by atoms with Gasteiger partial charge in [-0.25, -0.2) is 15.0 Å². The first-order valence-electron chi connectivity index (χ1n) is 11.4. The van der Waals surface area contributed by atoms with Crippen molar-refractivity contribution in [2.45, 2.75) is 17.9 Å². The highest BCUT2D eigenvalue weighted by Crippen LogP contribution is 2.31. The molecule has 2 saturated heterocycles. The molecule has 0 unspecified atom stereocenters. The van der Waals surface area contributed by atoms with Crippen molar-refractivity contribution in [2.24, 2.45) is 0 Å². The van der Waals surface area contributed by atoms with Crippen LogP contribution in [0.4, 0.5) is 11.8 Å². The van der Waals surface area contributed by atoms with E-state index in [2.05, 4.69) is 55.4 Å². The number of benzene rings is 1. The normalized spacial score (nSPS) is 17.1. The lowest BCUT2D eigenvalue weighted by atomic mass is 10.1. The lowest BCUT2D eigenvalue weighted by Gasteiger charge is -2.31. The topological polar surface area (TPSA) is 79.3 Å². The number of aromatic nitrogens is 4. The molecule has 9 heteroatoms. The van der Waals surface area contributed by atoms with Gasteiger partial charge in [-0.1, -0.05) is 30.3 Å². The summed E-state index contributed by atoms with van der Waals surface area (Å²) in [6, 6.07) is 10.6. The minimum atomic E-state index is 0.709. The van der Waals surface area contributed by atoms with Gasteiger partial charge in [-0.15, -0.1) is 11.8 Å². The highest BCUT2D eigenvalue weighted by atomic mass is 32.2. The second kappa shape index (κ2) is 10.4. The van der Waals surface area contributed by atoms with E-state index in [0.29, 0.717) is 13.2 Å². The molecule has 0 atom stereocenters. The second-order valence-corrected chi connectivity index (χ2v) is 9.08. The van der Waals surface area contributed by atoms with Crippen molar-refractivity contribution in [3.63, 3.8) is 0 Å². The van der Waals surface area contributed by atoms with Gasteiger partial charge in [0.1, 0.15) is 22.4 Å². The summed E-state index contributed by atoms with van der Waals surface area (Å²) < 4.78 is 5.56. The van der Waals surface area contributed by atoms with Crippen molar-refractivity contribution in [1.82, 2.24) is 25.3 Å². The third kappa shape index (κ3) is 4.95. The van der Waals surface area contributed by atoms with Gasteiger partial charge in [-0.05, 0) is 24.2 Å². The molecule has 0 bridgehead atoms. The molecule has 2 aliphatic rings. The maximum absolute atomic E-state index is 5.56. The van der Waals surface area contributed by atoms with Crippen LogP contribution in [0.2, 0.25) is 0 Å². The minimum absolute atomic E-state index is 0.709. The van der Waals surface area contributed by atoms with E-state index in [4.69, 9.17) is 14.7 Å². The Kier molecular flexibility index (Phi) is 6.95. The second-order valence-electron chi connectivity index (χ2n) is 8.00. The first-order chi connectivity index (χ1) is 15.9. The summed E-state index contributed by atoms with van der Waals surface area (Å²) in [6.45, 7) is 6.75. The van der Waals surface area contributed by atoms with Gasteiger partial charge in [-0.3, -0.25) is 0 Å². The summed E-state index contributed by atoms with van der Waals surface area (Å²) in [7, 11) is 0. The minimum Gasteiger partial charge on any atom is -0.378 e. The third-order valence-electron chi connectivity index (χ3n) is 5.82. The summed E-state index contributed by atoms with van der Waals surface area (Å²) in [4.78, 5) is 23.7. The number of rotatable bonds is 7. The van der Waals surface area contributed by atoms with Crippen LogP contribution in [0.15, 0.2) is 41.7 Å². The average Bonchev–Trinajstić information content (AvgIpc) is 2.88. The Bertz CT molecular complexity index is 1020. The molecule has 1 N–H and O–H groups in total. The van der Waals surface area contributed by atoms with E-state index in [9.17, 15) is 0 Å². The third-order valence-corrected chi connectivity index (χ3v) is 6.89. The zero-order valence-electron chi connectivity index (χ0n) is 18.2. The molecule has 0 aliphatic carbocycles. The lowest BCUT2D eigenvalue weighted by molar-refractivity contribution is 0.122. The maximum atomic E-state index is 5.56. The summed E-state index contributed by atoms with van der Waals surface area (Å²) in [5, 5.41) is 4.35. The molecule has 1 aromatic carbocycles. The molecule has 0 amide bonds. The van der Waals surface area contributed by atoms with Crippen LogP contribution in [0, 0.1) is 0 Å². The number of anilines is 2. The summed E-state index contributed by atoms with van der Waals surface area (Å²) in [6.07, 6.45) is 3.81. The van der Waals surface area contributed by atoms with Crippen LogP contribution >= 0.6 is 11.8 Å². The van der Waals surface area contributed by atoms with Gasteiger partial charge in [0.25, 0.3) is 0 Å². The van der Waals surface area contributed by atoms with Crippen molar-refractivity contribution >= 4 is 34.6 Å². The summed E-state index contributed by atoms with van der Waals surface area (Å²) in [5.41, 5.74) is 3.08. The van der Waals surface area contributed by atoms with E-state index >= 15 is 0 Å². The summed E-state index contributed by atoms with van der Waals surface area (Å²) in [5.74, 6) is 2.67. The number of thioether (sulfide) groups is 1. The Morgan fingerprint density at radius 1 is 0.906 bits per heavy atom. The van der Waals surface area contributed by atoms with Gasteiger partial charge in [0, 0.05) is 39.3 Å². The Morgan fingerprint density at radius 2 is 1.72 bits per heavy atom. The fraction of sp³-hybridized carbons (Fsp3) is 0.478. The Hall–Kier alpha value is -2.49. The number of nitrogens with zero attached hydrogens (tertiary/aromatic N) is 6. The number of hydrogen-bond acceptors (Lipinski definition) is 9. The summed E-state index contributed by atoms with van der Waals surface area (Å²) >= 11 is 1.76. The lowest BCUT2D eigenvalue weighted by Crippen LogP contribution is -2.44. The van der Waals surface area contributed by atoms with Gasteiger partial charge in [0.05, 0.1) is 13.2 Å². The van der Waals surface area contributed by atoms with Crippen LogP contribution in [0.25, 0.3) is 11.0 Å². The maximum Gasteiger partial charge on any atom is 0.228 e. The molecule has 32 heavy (non-hydrogen) atoms. The Labute approximate surface area is 192 Å². The van der Waals surface area contributed by atoms with Crippen molar-refractivity contribution in [3.05, 3.63) is 42.2 Å². The SMILES string of the molecule is c1ccc(CCCSc2ncnc3c(N4CCOCC4)nc(N4CCNCC4)nc23)cc1. The van der Waals surface area contributed by atoms with Crippen LogP contribution in [0.3, 0.4) is 0 Å². The van der Waals surface area contributed by atoms with E-state index < -0.39 is 0 Å². The zero-order chi connectivity index (χ0) is 21.6. The van der Waals surface area contributed by atoms with Crippen LogP contribution in [0.1, 0.15) is 12.0 Å². The van der Waals surface area contributed by atoms with Crippen LogP contribution in [-0.4, -0.2) is 78.2 Å². The first kappa shape index (κ1) is 21.4. The number of piperazine rings is 1. The number of ether oxygens (including phenoxy) is 1. The zero-order valence-corrected chi connectivity index (χ0v) is 19.1. The van der Waals surface area contributed by atoms with E-state index in [1.54, 1.807) is 18.1 Å². The van der Waals surface area contributed by atoms with E-state index in [1.807, 2.05) is 0 Å². The van der Waals surface area contributed by atoms with E-state index in [0.717, 1.165) is 85.7 Å². The van der Waals surface area contributed by atoms with Crippen molar-refractivity contribution < 1.29 is 4.74 Å². The quantitative estimate of drug-likeness (QED) is 0.331. The van der Waals surface area contributed by atoms with Crippen LogP contribution < -0.4 is 15.1 Å². The number of aryl methyl sites for hydroxylation is 1. The highest BCUT2D eigenvalue weighted by Gasteiger charge is 2.23. The van der Waals surface area contributed by atoms with Crippen LogP contribution in [0.5, 0.6) is 0 Å². The largest absolute Gasteiger partial charge is 0.378 e. The molecule has 0 radical (unpaired) electrons. The predicted octanol–water partition coefficient (Wildman–Crippen LogP) is 2.39. The fourth-order valence-corrected chi connectivity index (χ4v) is 4.98. The molecule has 3 aromatic rings. The molecule has 168 valence electrons. The van der Waals surface area contributed by atoms with Gasteiger partial charge < -0.3 is 19.9 Å². The molecule has 2 fully saturated rings. The molecule has 8 nitrogen and oxygen atoms in total.